The van der Waals surface area contributed by atoms with Gasteiger partial charge in [-0.1, -0.05) is 0 Å². The van der Waals surface area contributed by atoms with Crippen LogP contribution in [0.5, 0.6) is 0 Å². The molecule has 1 aliphatic carbocycles. The summed E-state index contributed by atoms with van der Waals surface area (Å²) in [4.78, 5) is 12.9. The van der Waals surface area contributed by atoms with Gasteiger partial charge in [0.1, 0.15) is 34.7 Å². The zero-order chi connectivity index (χ0) is 21.7. The number of aromatic nitrogens is 2. The maximum atomic E-state index is 14.9. The number of nitrogens with zero attached hydrogens (tertiary/aromatic N) is 5. The second kappa shape index (κ2) is 8.06. The molecule has 0 aromatic carbocycles. The third-order valence-corrected chi connectivity index (χ3v) is 6.82. The van der Waals surface area contributed by atoms with Crippen molar-refractivity contribution in [2.75, 3.05) is 26.2 Å². The number of halogens is 2. The Labute approximate surface area is 180 Å². The Kier molecular flexibility index (Phi) is 5.39. The first-order valence-corrected chi connectivity index (χ1v) is 11.1. The predicted molar refractivity (Wildman–Crippen MR) is 111 cm³/mol. The van der Waals surface area contributed by atoms with Crippen molar-refractivity contribution >= 4 is 35.1 Å². The number of aryl methyl sites for hydroxylation is 1. The minimum absolute atomic E-state index is 0.0606. The van der Waals surface area contributed by atoms with Crippen LogP contribution in [0.4, 0.5) is 8.78 Å². The van der Waals surface area contributed by atoms with E-state index in [-0.39, 0.29) is 54.4 Å². The maximum absolute atomic E-state index is 14.9. The predicted octanol–water partition coefficient (Wildman–Crippen LogP) is -1.54. The van der Waals surface area contributed by atoms with E-state index in [9.17, 15) is 18.1 Å². The van der Waals surface area contributed by atoms with Gasteiger partial charge in [0.25, 0.3) is 0 Å². The number of aliphatic hydroxyl groups excluding tert-OH is 1. The quantitative estimate of drug-likeness (QED) is 0.481. The molecule has 0 saturated carbocycles. The number of nitrogens with one attached hydrogen (secondary N) is 1. The van der Waals surface area contributed by atoms with Crippen LogP contribution in [0.3, 0.4) is 0 Å². The highest BCUT2D eigenvalue weighted by Crippen LogP contribution is 2.30. The SMILES string of the molecule is Cc1nc2c3n1CCOC=3C(C1=NC(N[C@@H]3CCN([SH]=O)C[C@H]3O)=NCC1F)CC=2F. The molecule has 9 nitrogen and oxygen atoms in total. The number of aliphatic hydroxyl groups is 1. The molecule has 4 heterocycles. The summed E-state index contributed by atoms with van der Waals surface area (Å²) in [5.74, 6) is 0.353. The van der Waals surface area contributed by atoms with Gasteiger partial charge in [-0.3, -0.25) is 0 Å². The van der Waals surface area contributed by atoms with Gasteiger partial charge >= 0.3 is 0 Å². The average Bonchev–Trinajstić information content (AvgIpc) is 3.11. The van der Waals surface area contributed by atoms with Crippen LogP contribution in [0.1, 0.15) is 18.7 Å². The van der Waals surface area contributed by atoms with Crippen molar-refractivity contribution in [2.45, 2.75) is 44.6 Å². The first-order valence-electron chi connectivity index (χ1n) is 10.3. The number of guanidine groups is 1. The fraction of sp³-hybridized carbons (Fsp3) is 0.632. The highest BCUT2D eigenvalue weighted by molar-refractivity contribution is 7.63. The van der Waals surface area contributed by atoms with Crippen LogP contribution in [-0.4, -0.2) is 79.4 Å². The molecule has 31 heavy (non-hydrogen) atoms. The van der Waals surface area contributed by atoms with Crippen molar-refractivity contribution in [1.29, 1.82) is 0 Å². The molecule has 0 bridgehead atoms. The number of rotatable bonds is 3. The lowest BCUT2D eigenvalue weighted by molar-refractivity contribution is 0.0828. The van der Waals surface area contributed by atoms with E-state index < -0.39 is 24.0 Å². The van der Waals surface area contributed by atoms with E-state index in [2.05, 4.69) is 20.3 Å². The minimum Gasteiger partial charge on any atom is -0.493 e. The lowest BCUT2D eigenvalue weighted by atomic mass is 9.89. The number of aliphatic imine (C=N–C) groups is 2. The van der Waals surface area contributed by atoms with Crippen molar-refractivity contribution in [3.05, 3.63) is 16.5 Å². The van der Waals surface area contributed by atoms with Crippen LogP contribution in [0.15, 0.2) is 9.98 Å². The number of piperidine rings is 1. The Balaban J connectivity index is 1.45. The molecule has 1 aromatic rings. The van der Waals surface area contributed by atoms with Crippen molar-refractivity contribution in [3.8, 4) is 0 Å². The van der Waals surface area contributed by atoms with E-state index in [4.69, 9.17) is 4.74 Å². The minimum atomic E-state index is -1.45. The van der Waals surface area contributed by atoms with Crippen LogP contribution in [0.2, 0.25) is 0 Å². The molecule has 3 aliphatic heterocycles. The summed E-state index contributed by atoms with van der Waals surface area (Å²) in [6, 6.07) is -0.346. The molecule has 1 fully saturated rings. The second-order valence-electron chi connectivity index (χ2n) is 8.15. The van der Waals surface area contributed by atoms with E-state index in [0.717, 1.165) is 0 Å². The van der Waals surface area contributed by atoms with Gasteiger partial charge in [-0.15, -0.1) is 0 Å². The second-order valence-corrected chi connectivity index (χ2v) is 8.88. The summed E-state index contributed by atoms with van der Waals surface area (Å²) >= 11 is -0.126. The number of β-amino-alcohol motifs (C(OH)–C–C–N with tert-alkyl or cyclic N) is 1. The molecular weight excluding hydrogens is 430 g/mol. The van der Waals surface area contributed by atoms with E-state index >= 15 is 0 Å². The monoisotopic (exact) mass is 454 g/mol. The topological polar surface area (TPSA) is 104 Å². The average molecular weight is 455 g/mol. The summed E-state index contributed by atoms with van der Waals surface area (Å²) in [5.41, 5.74) is 0.172. The number of thiol groups is 1. The third-order valence-electron chi connectivity index (χ3n) is 6.23. The summed E-state index contributed by atoms with van der Waals surface area (Å²) in [5, 5.41) is 14.2. The number of alkyl halides is 1. The molecule has 2 unspecified atom stereocenters. The molecule has 4 aliphatic rings. The zero-order valence-corrected chi connectivity index (χ0v) is 17.9. The highest BCUT2D eigenvalue weighted by Gasteiger charge is 2.38. The first kappa shape index (κ1) is 20.7. The van der Waals surface area contributed by atoms with Crippen molar-refractivity contribution < 1.29 is 22.8 Å². The maximum Gasteiger partial charge on any atom is 0.218 e. The first-order chi connectivity index (χ1) is 15.0. The molecule has 5 rings (SSSR count). The van der Waals surface area contributed by atoms with Crippen LogP contribution in [0.25, 0.3) is 11.6 Å². The van der Waals surface area contributed by atoms with Crippen LogP contribution >= 0.6 is 0 Å². The zero-order valence-electron chi connectivity index (χ0n) is 17.0. The number of hydrogen-bond acceptors (Lipinski definition) is 7. The van der Waals surface area contributed by atoms with E-state index in [1.165, 1.54) is 0 Å². The van der Waals surface area contributed by atoms with Crippen molar-refractivity contribution in [3.63, 3.8) is 0 Å². The molecule has 0 amide bonds. The Hall–Kier alpha value is -2.18. The molecule has 0 spiro atoms. The van der Waals surface area contributed by atoms with Crippen LogP contribution in [-0.2, 0) is 23.1 Å². The van der Waals surface area contributed by atoms with Crippen LogP contribution in [0, 0.1) is 12.8 Å². The van der Waals surface area contributed by atoms with Crippen molar-refractivity contribution in [2.24, 2.45) is 15.9 Å². The molecule has 1 saturated heterocycles. The molecule has 0 radical (unpaired) electrons. The Bertz CT molecular complexity index is 1100. The number of ether oxygens (including phenoxy) is 1. The van der Waals surface area contributed by atoms with Gasteiger partial charge in [0.2, 0.25) is 5.96 Å². The molecule has 168 valence electrons. The standard InChI is InChI=1S/C19H24F2N6O3S/c1-9-23-16-11(20)6-10(18-17(16)27(9)4-5-30-18)15-12(21)7-22-19(25-15)24-13-2-3-26(31-29)8-14(13)28/h10,12-14,28,31H,2-8H2,1H3,(H,22,24)/t10?,12?,13-,14-/m1/s1. The Morgan fingerprint density at radius 3 is 2.97 bits per heavy atom. The molecule has 4 atom stereocenters. The highest BCUT2D eigenvalue weighted by atomic mass is 32.2. The third kappa shape index (κ3) is 3.60. The fourth-order valence-electron chi connectivity index (χ4n) is 4.65. The van der Waals surface area contributed by atoms with Gasteiger partial charge in [-0.2, -0.15) is 0 Å². The van der Waals surface area contributed by atoms with E-state index in [0.29, 0.717) is 43.0 Å². The summed E-state index contributed by atoms with van der Waals surface area (Å²) < 4.78 is 50.2. The Morgan fingerprint density at radius 2 is 2.19 bits per heavy atom. The normalized spacial score (nSPS) is 31.0. The van der Waals surface area contributed by atoms with Gasteiger partial charge in [0.05, 0.1) is 48.7 Å². The largest absolute Gasteiger partial charge is 0.493 e. The summed E-state index contributed by atoms with van der Waals surface area (Å²) in [6.07, 6.45) is -1.75. The molecule has 1 aromatic heterocycles. The lowest BCUT2D eigenvalue weighted by Gasteiger charge is -2.34. The van der Waals surface area contributed by atoms with Gasteiger partial charge < -0.3 is 19.7 Å². The van der Waals surface area contributed by atoms with E-state index in [1.54, 1.807) is 4.31 Å². The Morgan fingerprint density at radius 1 is 1.35 bits per heavy atom. The molecular formula is C19H24F2N6O3S. The van der Waals surface area contributed by atoms with Gasteiger partial charge in [-0.05, 0) is 13.3 Å². The number of hydrogen-bond donors (Lipinski definition) is 3. The van der Waals surface area contributed by atoms with Gasteiger partial charge in [0.15, 0.2) is 6.17 Å². The van der Waals surface area contributed by atoms with E-state index in [1.807, 2.05) is 11.5 Å². The van der Waals surface area contributed by atoms with Gasteiger partial charge in [0, 0.05) is 19.5 Å². The van der Waals surface area contributed by atoms with Gasteiger partial charge in [-0.25, -0.2) is 32.3 Å². The summed E-state index contributed by atoms with van der Waals surface area (Å²) in [7, 11) is 0. The lowest BCUT2D eigenvalue weighted by Crippen LogP contribution is -2.53. The molecule has 2 N–H and O–H groups in total. The summed E-state index contributed by atoms with van der Waals surface area (Å²) in [6.45, 7) is 3.44. The molecule has 12 heteroatoms. The number of imidazole rings is 1. The van der Waals surface area contributed by atoms with Crippen molar-refractivity contribution in [1.82, 2.24) is 19.2 Å². The smallest absolute Gasteiger partial charge is 0.218 e. The van der Waals surface area contributed by atoms with Crippen LogP contribution < -0.4 is 16.0 Å². The fourth-order valence-corrected chi connectivity index (χ4v) is 5.08.